The number of nitrogens with zero attached hydrogens (tertiary/aromatic N) is 4. The van der Waals surface area contributed by atoms with E-state index in [0.717, 1.165) is 5.56 Å². The maximum absolute atomic E-state index is 12.8. The number of halogens is 1. The number of imidazole rings is 1. The highest BCUT2D eigenvalue weighted by Gasteiger charge is 2.15. The Morgan fingerprint density at radius 2 is 1.62 bits per heavy atom. The summed E-state index contributed by atoms with van der Waals surface area (Å²) >= 11 is 6.29. The van der Waals surface area contributed by atoms with E-state index in [1.165, 1.54) is 4.57 Å². The molecule has 0 radical (unpaired) electrons. The lowest BCUT2D eigenvalue weighted by Gasteiger charge is -2.08. The molecule has 0 aliphatic rings. The van der Waals surface area contributed by atoms with Crippen molar-refractivity contribution in [3.63, 3.8) is 0 Å². The molecule has 0 N–H and O–H groups in total. The van der Waals surface area contributed by atoms with Gasteiger partial charge in [0.05, 0.1) is 18.6 Å². The van der Waals surface area contributed by atoms with Gasteiger partial charge >= 0.3 is 0 Å². The van der Waals surface area contributed by atoms with Gasteiger partial charge in [-0.1, -0.05) is 48.5 Å². The number of benzene rings is 2. The monoisotopic (exact) mass is 336 g/mol. The second-order valence-electron chi connectivity index (χ2n) is 5.39. The zero-order valence-electron chi connectivity index (χ0n) is 12.6. The first kappa shape index (κ1) is 14.7. The van der Waals surface area contributed by atoms with E-state index in [2.05, 4.69) is 9.97 Å². The Kier molecular flexibility index (Phi) is 3.63. The molecule has 0 aliphatic heterocycles. The minimum absolute atomic E-state index is 0.119. The summed E-state index contributed by atoms with van der Waals surface area (Å²) in [5, 5.41) is 0.119. The van der Waals surface area contributed by atoms with E-state index in [0.29, 0.717) is 23.4 Å². The summed E-state index contributed by atoms with van der Waals surface area (Å²) in [7, 11) is 0. The molecular formula is C18H13ClN4O. The largest absolute Gasteiger partial charge is 0.311 e. The van der Waals surface area contributed by atoms with Crippen molar-refractivity contribution in [1.82, 2.24) is 19.1 Å². The number of hydrogen-bond donors (Lipinski definition) is 0. The molecule has 0 bridgehead atoms. The van der Waals surface area contributed by atoms with Gasteiger partial charge in [-0.3, -0.25) is 4.79 Å². The minimum Gasteiger partial charge on any atom is -0.311 e. The van der Waals surface area contributed by atoms with E-state index in [9.17, 15) is 4.79 Å². The molecule has 2 aromatic heterocycles. The third kappa shape index (κ3) is 2.49. The van der Waals surface area contributed by atoms with Crippen LogP contribution in [0.3, 0.4) is 0 Å². The standard InChI is InChI=1S/C18H13ClN4O/c19-18-21-16-15(17(24)23(18)14-9-5-2-6-10-14)20-12-22(16)11-13-7-3-1-4-8-13/h1-10,12H,11H2. The smallest absolute Gasteiger partial charge is 0.287 e. The molecule has 2 heterocycles. The summed E-state index contributed by atoms with van der Waals surface area (Å²) in [4.78, 5) is 21.4. The Bertz CT molecular complexity index is 1060. The number of hydrogen-bond acceptors (Lipinski definition) is 3. The van der Waals surface area contributed by atoms with Crippen LogP contribution in [-0.4, -0.2) is 19.1 Å². The number of rotatable bonds is 3. The van der Waals surface area contributed by atoms with Gasteiger partial charge in [0.1, 0.15) is 0 Å². The third-order valence-electron chi connectivity index (χ3n) is 3.81. The molecule has 0 fully saturated rings. The molecule has 0 saturated carbocycles. The van der Waals surface area contributed by atoms with Crippen molar-refractivity contribution in [2.24, 2.45) is 0 Å². The Hall–Kier alpha value is -2.92. The maximum Gasteiger partial charge on any atom is 0.287 e. The van der Waals surface area contributed by atoms with Crippen molar-refractivity contribution in [2.45, 2.75) is 6.54 Å². The Morgan fingerprint density at radius 3 is 2.33 bits per heavy atom. The van der Waals surface area contributed by atoms with Gasteiger partial charge in [0, 0.05) is 0 Å². The molecule has 0 amide bonds. The molecule has 5 nitrogen and oxygen atoms in total. The van der Waals surface area contributed by atoms with Crippen molar-refractivity contribution in [1.29, 1.82) is 0 Å². The van der Waals surface area contributed by atoms with E-state index >= 15 is 0 Å². The van der Waals surface area contributed by atoms with Crippen molar-refractivity contribution >= 4 is 22.8 Å². The molecular weight excluding hydrogens is 324 g/mol. The van der Waals surface area contributed by atoms with Crippen molar-refractivity contribution in [3.05, 3.63) is 88.2 Å². The first-order chi connectivity index (χ1) is 11.7. The topological polar surface area (TPSA) is 52.7 Å². The van der Waals surface area contributed by atoms with Crippen LogP contribution in [0, 0.1) is 0 Å². The van der Waals surface area contributed by atoms with E-state index in [4.69, 9.17) is 11.6 Å². The van der Waals surface area contributed by atoms with E-state index < -0.39 is 0 Å². The number of fused-ring (bicyclic) bond motifs is 1. The first-order valence-corrected chi connectivity index (χ1v) is 7.84. The van der Waals surface area contributed by atoms with Crippen LogP contribution in [0.15, 0.2) is 71.8 Å². The molecule has 118 valence electrons. The lowest BCUT2D eigenvalue weighted by molar-refractivity contribution is 0.810. The zero-order chi connectivity index (χ0) is 16.5. The first-order valence-electron chi connectivity index (χ1n) is 7.47. The zero-order valence-corrected chi connectivity index (χ0v) is 13.4. The second-order valence-corrected chi connectivity index (χ2v) is 5.73. The Labute approximate surface area is 142 Å². The lowest BCUT2D eigenvalue weighted by atomic mass is 10.2. The quantitative estimate of drug-likeness (QED) is 0.539. The van der Waals surface area contributed by atoms with Gasteiger partial charge in [0.15, 0.2) is 11.2 Å². The predicted molar refractivity (Wildman–Crippen MR) is 93.7 cm³/mol. The predicted octanol–water partition coefficient (Wildman–Crippen LogP) is 3.28. The van der Waals surface area contributed by atoms with E-state index in [1.54, 1.807) is 6.33 Å². The minimum atomic E-state index is -0.275. The van der Waals surface area contributed by atoms with Crippen molar-refractivity contribution in [3.8, 4) is 5.69 Å². The summed E-state index contributed by atoms with van der Waals surface area (Å²) < 4.78 is 3.19. The Balaban J connectivity index is 1.86. The SMILES string of the molecule is O=c1c2ncn(Cc3ccccc3)c2nc(Cl)n1-c1ccccc1. The van der Waals surface area contributed by atoms with E-state index in [-0.39, 0.29) is 10.8 Å². The molecule has 4 aromatic rings. The van der Waals surface area contributed by atoms with Gasteiger partial charge < -0.3 is 4.57 Å². The van der Waals surface area contributed by atoms with Crippen LogP contribution in [0.2, 0.25) is 5.28 Å². The highest BCUT2D eigenvalue weighted by Crippen LogP contribution is 2.16. The summed E-state index contributed by atoms with van der Waals surface area (Å²) in [6.07, 6.45) is 1.62. The highest BCUT2D eigenvalue weighted by molar-refractivity contribution is 6.29. The van der Waals surface area contributed by atoms with Crippen LogP contribution in [0.25, 0.3) is 16.9 Å². The molecule has 0 atom stereocenters. The van der Waals surface area contributed by atoms with Gasteiger partial charge in [-0.15, -0.1) is 0 Å². The fraction of sp³-hybridized carbons (Fsp3) is 0.0556. The highest BCUT2D eigenvalue weighted by atomic mass is 35.5. The number of para-hydroxylation sites is 1. The lowest BCUT2D eigenvalue weighted by Crippen LogP contribution is -2.21. The molecule has 0 aliphatic carbocycles. The fourth-order valence-electron chi connectivity index (χ4n) is 2.67. The van der Waals surface area contributed by atoms with Gasteiger partial charge in [0.2, 0.25) is 5.28 Å². The van der Waals surface area contributed by atoms with Gasteiger partial charge in [-0.05, 0) is 29.3 Å². The van der Waals surface area contributed by atoms with E-state index in [1.807, 2.05) is 65.2 Å². The van der Waals surface area contributed by atoms with Crippen LogP contribution in [0.4, 0.5) is 0 Å². The summed E-state index contributed by atoms with van der Waals surface area (Å²) in [5.74, 6) is 0. The van der Waals surface area contributed by atoms with Crippen LogP contribution in [0.1, 0.15) is 5.56 Å². The molecule has 2 aromatic carbocycles. The number of aromatic nitrogens is 4. The summed E-state index contributed by atoms with van der Waals surface area (Å²) in [6.45, 7) is 0.579. The second kappa shape index (κ2) is 5.94. The maximum atomic E-state index is 12.8. The molecule has 4 rings (SSSR count). The van der Waals surface area contributed by atoms with Crippen LogP contribution < -0.4 is 5.56 Å². The summed E-state index contributed by atoms with van der Waals surface area (Å²) in [6, 6.07) is 19.1. The van der Waals surface area contributed by atoms with Gasteiger partial charge in [0.25, 0.3) is 5.56 Å². The average molecular weight is 337 g/mol. The normalized spacial score (nSPS) is 11.0. The van der Waals surface area contributed by atoms with Crippen LogP contribution in [0.5, 0.6) is 0 Å². The third-order valence-corrected chi connectivity index (χ3v) is 4.06. The molecule has 6 heteroatoms. The molecule has 0 saturated heterocycles. The fourth-order valence-corrected chi connectivity index (χ4v) is 2.92. The molecule has 0 unspecified atom stereocenters. The average Bonchev–Trinajstić information content (AvgIpc) is 3.00. The van der Waals surface area contributed by atoms with Crippen molar-refractivity contribution in [2.75, 3.05) is 0 Å². The van der Waals surface area contributed by atoms with Crippen LogP contribution >= 0.6 is 11.6 Å². The van der Waals surface area contributed by atoms with Crippen molar-refractivity contribution < 1.29 is 0 Å². The van der Waals surface area contributed by atoms with Gasteiger partial charge in [-0.25, -0.2) is 9.55 Å². The summed E-state index contributed by atoms with van der Waals surface area (Å²) in [5.41, 5.74) is 2.28. The Morgan fingerprint density at radius 1 is 0.958 bits per heavy atom. The molecule has 0 spiro atoms. The van der Waals surface area contributed by atoms with Gasteiger partial charge in [-0.2, -0.15) is 4.98 Å². The van der Waals surface area contributed by atoms with Crippen LogP contribution in [-0.2, 0) is 6.54 Å². The molecule has 24 heavy (non-hydrogen) atoms.